The molecule has 0 aliphatic carbocycles. The predicted octanol–water partition coefficient (Wildman–Crippen LogP) is 1.62. The molecule has 3 N–H and O–H groups in total. The topological polar surface area (TPSA) is 98.8 Å². The lowest BCUT2D eigenvalue weighted by Crippen LogP contribution is -2.16. The molecular weight excluding hydrogens is 262 g/mol. The van der Waals surface area contributed by atoms with Gasteiger partial charge in [-0.3, -0.25) is 4.79 Å². The van der Waals surface area contributed by atoms with E-state index in [0.29, 0.717) is 5.39 Å². The first-order valence-corrected chi connectivity index (χ1v) is 5.76. The highest BCUT2D eigenvalue weighted by Crippen LogP contribution is 2.30. The van der Waals surface area contributed by atoms with Gasteiger partial charge in [0.1, 0.15) is 5.75 Å². The Morgan fingerprint density at radius 3 is 2.60 bits per heavy atom. The van der Waals surface area contributed by atoms with Crippen molar-refractivity contribution in [3.8, 4) is 5.75 Å². The van der Waals surface area contributed by atoms with Crippen LogP contribution in [0.15, 0.2) is 30.3 Å². The molecule has 0 bridgehead atoms. The second-order valence-corrected chi connectivity index (χ2v) is 4.06. The molecule has 0 radical (unpaired) electrons. The largest absolute Gasteiger partial charge is 0.478 e. The van der Waals surface area contributed by atoms with Gasteiger partial charge in [0.25, 0.3) is 5.91 Å². The zero-order valence-electron chi connectivity index (χ0n) is 10.8. The number of amides is 1. The molecule has 104 valence electrons. The average Bonchev–Trinajstić information content (AvgIpc) is 2.43. The number of hydrogen-bond donors (Lipinski definition) is 2. The maximum atomic E-state index is 11.7. The Labute approximate surface area is 114 Å². The molecule has 0 aliphatic rings. The minimum Gasteiger partial charge on any atom is -0.478 e. The Morgan fingerprint density at radius 2 is 2.00 bits per heavy atom. The van der Waals surface area contributed by atoms with E-state index in [9.17, 15) is 14.7 Å². The quantitative estimate of drug-likeness (QED) is 0.808. The van der Waals surface area contributed by atoms with Crippen molar-refractivity contribution in [1.29, 1.82) is 0 Å². The van der Waals surface area contributed by atoms with Crippen molar-refractivity contribution in [2.45, 2.75) is 0 Å². The molecule has 2 aromatic rings. The molecule has 0 saturated heterocycles. The van der Waals surface area contributed by atoms with Gasteiger partial charge in [0.15, 0.2) is 6.79 Å². The molecular formula is C14H13NO5. The molecule has 2 aromatic carbocycles. The zero-order chi connectivity index (χ0) is 14.7. The lowest BCUT2D eigenvalue weighted by molar-refractivity contribution is 0.0504. The number of carbonyl (C=O) groups excluding carboxylic acids is 1. The van der Waals surface area contributed by atoms with E-state index >= 15 is 0 Å². The molecule has 20 heavy (non-hydrogen) atoms. The van der Waals surface area contributed by atoms with Crippen molar-refractivity contribution in [1.82, 2.24) is 0 Å². The third-order valence-corrected chi connectivity index (χ3v) is 2.82. The van der Waals surface area contributed by atoms with E-state index in [4.69, 9.17) is 15.2 Å². The molecule has 0 atom stereocenters. The number of carbonyl (C=O) groups is 2. The van der Waals surface area contributed by atoms with Gasteiger partial charge in [-0.05, 0) is 17.5 Å². The van der Waals surface area contributed by atoms with E-state index in [2.05, 4.69) is 0 Å². The predicted molar refractivity (Wildman–Crippen MR) is 71.9 cm³/mol. The van der Waals surface area contributed by atoms with E-state index in [-0.39, 0.29) is 29.1 Å². The second kappa shape index (κ2) is 5.58. The summed E-state index contributed by atoms with van der Waals surface area (Å²) in [5.41, 5.74) is 5.41. The Morgan fingerprint density at radius 1 is 1.25 bits per heavy atom. The van der Waals surface area contributed by atoms with Crippen LogP contribution in [0.1, 0.15) is 20.7 Å². The molecule has 0 spiro atoms. The molecule has 1 amide bonds. The molecule has 0 fully saturated rings. The van der Waals surface area contributed by atoms with E-state index in [1.54, 1.807) is 24.3 Å². The Hall–Kier alpha value is -2.60. The summed E-state index contributed by atoms with van der Waals surface area (Å²) in [6.45, 7) is -0.0684. The standard InChI is InChI=1S/C14H13NO5/c1-19-7-20-10-6-5-8-3-2-4-9(14(17)18)11(8)12(10)13(15)16/h2-6H,7H2,1H3,(H2,15,16)(H,17,18). The normalized spacial score (nSPS) is 10.4. The Balaban J connectivity index is 2.78. The fourth-order valence-electron chi connectivity index (χ4n) is 2.03. The van der Waals surface area contributed by atoms with E-state index in [0.717, 1.165) is 0 Å². The van der Waals surface area contributed by atoms with Crippen LogP contribution in [-0.4, -0.2) is 30.9 Å². The lowest BCUT2D eigenvalue weighted by Gasteiger charge is -2.13. The first-order valence-electron chi connectivity index (χ1n) is 5.76. The van der Waals surface area contributed by atoms with Gasteiger partial charge >= 0.3 is 5.97 Å². The van der Waals surface area contributed by atoms with Gasteiger partial charge in [-0.15, -0.1) is 0 Å². The summed E-state index contributed by atoms with van der Waals surface area (Å²) in [5, 5.41) is 10.1. The third kappa shape index (κ3) is 2.41. The summed E-state index contributed by atoms with van der Waals surface area (Å²) < 4.78 is 10.1. The molecule has 0 aromatic heterocycles. The van der Waals surface area contributed by atoms with Crippen LogP contribution in [0.4, 0.5) is 0 Å². The number of carboxylic acid groups (broad SMARTS) is 1. The summed E-state index contributed by atoms with van der Waals surface area (Å²) in [7, 11) is 1.44. The minimum atomic E-state index is -1.14. The maximum Gasteiger partial charge on any atom is 0.336 e. The number of rotatable bonds is 5. The lowest BCUT2D eigenvalue weighted by atomic mass is 9.98. The number of carboxylic acids is 1. The van der Waals surface area contributed by atoms with Crippen LogP contribution in [-0.2, 0) is 4.74 Å². The molecule has 6 nitrogen and oxygen atoms in total. The fraction of sp³-hybridized carbons (Fsp3) is 0.143. The van der Waals surface area contributed by atoms with Gasteiger partial charge in [0.2, 0.25) is 0 Å². The highest BCUT2D eigenvalue weighted by Gasteiger charge is 2.19. The fourth-order valence-corrected chi connectivity index (χ4v) is 2.03. The van der Waals surface area contributed by atoms with E-state index in [1.807, 2.05) is 0 Å². The van der Waals surface area contributed by atoms with Gasteiger partial charge < -0.3 is 20.3 Å². The molecule has 2 rings (SSSR count). The van der Waals surface area contributed by atoms with Crippen LogP contribution in [0, 0.1) is 0 Å². The summed E-state index contributed by atoms with van der Waals surface area (Å²) in [6.07, 6.45) is 0. The summed E-state index contributed by atoms with van der Waals surface area (Å²) in [5.74, 6) is -1.70. The first-order chi connectivity index (χ1) is 9.56. The summed E-state index contributed by atoms with van der Waals surface area (Å²) in [4.78, 5) is 23.0. The number of ether oxygens (including phenoxy) is 2. The minimum absolute atomic E-state index is 0.000771. The van der Waals surface area contributed by atoms with Crippen molar-refractivity contribution in [2.75, 3.05) is 13.9 Å². The van der Waals surface area contributed by atoms with Crippen LogP contribution >= 0.6 is 0 Å². The van der Waals surface area contributed by atoms with Gasteiger partial charge in [-0.2, -0.15) is 0 Å². The maximum absolute atomic E-state index is 11.7. The Bertz CT molecular complexity index is 681. The second-order valence-electron chi connectivity index (χ2n) is 4.06. The third-order valence-electron chi connectivity index (χ3n) is 2.82. The first kappa shape index (κ1) is 13.8. The molecule has 0 heterocycles. The molecule has 0 saturated carbocycles. The SMILES string of the molecule is COCOc1ccc2cccc(C(=O)O)c2c1C(N)=O. The van der Waals surface area contributed by atoms with Crippen LogP contribution in [0.25, 0.3) is 10.8 Å². The number of primary amides is 1. The van der Waals surface area contributed by atoms with Crippen molar-refractivity contribution < 1.29 is 24.2 Å². The van der Waals surface area contributed by atoms with Crippen LogP contribution < -0.4 is 10.5 Å². The number of aromatic carboxylic acids is 1. The van der Waals surface area contributed by atoms with Gasteiger partial charge in [0, 0.05) is 12.5 Å². The molecule has 6 heteroatoms. The summed E-state index contributed by atoms with van der Waals surface area (Å²) in [6, 6.07) is 7.95. The van der Waals surface area contributed by atoms with Gasteiger partial charge in [-0.25, -0.2) is 4.79 Å². The van der Waals surface area contributed by atoms with Crippen molar-refractivity contribution in [2.24, 2.45) is 5.73 Å². The monoisotopic (exact) mass is 275 g/mol. The van der Waals surface area contributed by atoms with Crippen LogP contribution in [0.3, 0.4) is 0 Å². The van der Waals surface area contributed by atoms with Crippen molar-refractivity contribution in [3.63, 3.8) is 0 Å². The van der Waals surface area contributed by atoms with Crippen LogP contribution in [0.2, 0.25) is 0 Å². The average molecular weight is 275 g/mol. The molecule has 0 aliphatic heterocycles. The van der Waals surface area contributed by atoms with Crippen molar-refractivity contribution in [3.05, 3.63) is 41.5 Å². The number of fused-ring (bicyclic) bond motifs is 1. The zero-order valence-corrected chi connectivity index (χ0v) is 10.8. The number of hydrogen-bond acceptors (Lipinski definition) is 4. The van der Waals surface area contributed by atoms with E-state index < -0.39 is 11.9 Å². The number of benzene rings is 2. The number of methoxy groups -OCH3 is 1. The van der Waals surface area contributed by atoms with Gasteiger partial charge in [0.05, 0.1) is 11.1 Å². The number of nitrogens with two attached hydrogens (primary N) is 1. The Kier molecular flexibility index (Phi) is 3.86. The van der Waals surface area contributed by atoms with E-state index in [1.165, 1.54) is 13.2 Å². The van der Waals surface area contributed by atoms with Gasteiger partial charge in [-0.1, -0.05) is 18.2 Å². The highest BCUT2D eigenvalue weighted by molar-refractivity contribution is 6.15. The van der Waals surface area contributed by atoms with Crippen molar-refractivity contribution >= 4 is 22.6 Å². The smallest absolute Gasteiger partial charge is 0.336 e. The summed E-state index contributed by atoms with van der Waals surface area (Å²) >= 11 is 0. The highest BCUT2D eigenvalue weighted by atomic mass is 16.7. The molecule has 0 unspecified atom stereocenters. The van der Waals surface area contributed by atoms with Crippen LogP contribution in [0.5, 0.6) is 5.75 Å².